The van der Waals surface area contributed by atoms with Gasteiger partial charge in [-0.25, -0.2) is 4.98 Å². The summed E-state index contributed by atoms with van der Waals surface area (Å²) in [6, 6.07) is 10.2. The number of nitrogens with one attached hydrogen (secondary N) is 1. The molecule has 1 aliphatic heterocycles. The molecular formula is C18H16N6O. The second-order valence-corrected chi connectivity index (χ2v) is 6.21. The number of fused-ring (bicyclic) bond motifs is 2. The summed E-state index contributed by atoms with van der Waals surface area (Å²) < 4.78 is 7.87. The SMILES string of the molecule is c1ccc2c(c1)OCCC2Cn1cnc(-c2cc3n[nH]nc3cn2)c1. The molecule has 0 bridgehead atoms. The van der Waals surface area contributed by atoms with Crippen LogP contribution in [0, 0.1) is 0 Å². The predicted octanol–water partition coefficient (Wildman–Crippen LogP) is 2.78. The molecule has 5 rings (SSSR count). The highest BCUT2D eigenvalue weighted by molar-refractivity contribution is 5.76. The molecule has 0 saturated carbocycles. The van der Waals surface area contributed by atoms with Crippen LogP contribution in [0.5, 0.6) is 5.75 Å². The van der Waals surface area contributed by atoms with Crippen LogP contribution >= 0.6 is 0 Å². The molecule has 3 aromatic heterocycles. The fourth-order valence-corrected chi connectivity index (χ4v) is 3.34. The topological polar surface area (TPSA) is 81.5 Å². The predicted molar refractivity (Wildman–Crippen MR) is 92.2 cm³/mol. The van der Waals surface area contributed by atoms with Crippen LogP contribution in [0.4, 0.5) is 0 Å². The zero-order valence-electron chi connectivity index (χ0n) is 13.5. The van der Waals surface area contributed by atoms with Gasteiger partial charge in [-0.2, -0.15) is 15.4 Å². The lowest BCUT2D eigenvalue weighted by Gasteiger charge is -2.26. The van der Waals surface area contributed by atoms with Crippen molar-refractivity contribution in [3.63, 3.8) is 0 Å². The molecule has 4 aromatic rings. The summed E-state index contributed by atoms with van der Waals surface area (Å²) in [5.74, 6) is 1.43. The van der Waals surface area contributed by atoms with E-state index in [0.717, 1.165) is 47.7 Å². The summed E-state index contributed by atoms with van der Waals surface area (Å²) in [6.45, 7) is 1.63. The Bertz CT molecular complexity index is 1040. The number of hydrogen-bond acceptors (Lipinski definition) is 5. The van der Waals surface area contributed by atoms with Crippen LogP contribution in [-0.4, -0.2) is 36.6 Å². The van der Waals surface area contributed by atoms with Gasteiger partial charge < -0.3 is 9.30 Å². The van der Waals surface area contributed by atoms with Crippen LogP contribution in [0.15, 0.2) is 49.1 Å². The summed E-state index contributed by atoms with van der Waals surface area (Å²) in [6.07, 6.45) is 6.62. The molecule has 25 heavy (non-hydrogen) atoms. The number of hydrogen-bond donors (Lipinski definition) is 1. The molecule has 0 saturated heterocycles. The van der Waals surface area contributed by atoms with Crippen LogP contribution < -0.4 is 4.74 Å². The van der Waals surface area contributed by atoms with Crippen molar-refractivity contribution in [3.05, 3.63) is 54.6 Å². The third-order valence-corrected chi connectivity index (χ3v) is 4.61. The van der Waals surface area contributed by atoms with E-state index in [9.17, 15) is 0 Å². The lowest BCUT2D eigenvalue weighted by Crippen LogP contribution is -2.18. The van der Waals surface area contributed by atoms with Gasteiger partial charge in [0.1, 0.15) is 22.5 Å². The Morgan fingerprint density at radius 3 is 3.04 bits per heavy atom. The number of aromatic nitrogens is 6. The molecule has 7 heteroatoms. The van der Waals surface area contributed by atoms with Crippen LogP contribution in [0.2, 0.25) is 0 Å². The molecule has 0 aliphatic carbocycles. The summed E-state index contributed by atoms with van der Waals surface area (Å²) in [5, 5.41) is 10.7. The normalized spacial score (nSPS) is 16.6. The number of para-hydroxylation sites is 1. The van der Waals surface area contributed by atoms with Crippen molar-refractivity contribution in [1.29, 1.82) is 0 Å². The Hall–Kier alpha value is -3.22. The quantitative estimate of drug-likeness (QED) is 0.624. The van der Waals surface area contributed by atoms with E-state index in [1.54, 1.807) is 6.20 Å². The maximum absolute atomic E-state index is 5.75. The van der Waals surface area contributed by atoms with E-state index in [1.165, 1.54) is 5.56 Å². The number of ether oxygens (including phenoxy) is 1. The van der Waals surface area contributed by atoms with Gasteiger partial charge in [0.15, 0.2) is 0 Å². The minimum Gasteiger partial charge on any atom is -0.493 e. The molecule has 0 spiro atoms. The van der Waals surface area contributed by atoms with Crippen LogP contribution in [0.1, 0.15) is 17.9 Å². The first kappa shape index (κ1) is 14.2. The number of nitrogens with zero attached hydrogens (tertiary/aromatic N) is 5. The van der Waals surface area contributed by atoms with E-state index in [4.69, 9.17) is 4.74 Å². The molecule has 0 radical (unpaired) electrons. The number of aromatic amines is 1. The van der Waals surface area contributed by atoms with Gasteiger partial charge in [0.2, 0.25) is 0 Å². The lowest BCUT2D eigenvalue weighted by molar-refractivity contribution is 0.259. The van der Waals surface area contributed by atoms with E-state index < -0.39 is 0 Å². The van der Waals surface area contributed by atoms with Gasteiger partial charge in [0.05, 0.1) is 24.8 Å². The zero-order chi connectivity index (χ0) is 16.6. The van der Waals surface area contributed by atoms with Gasteiger partial charge in [-0.3, -0.25) is 4.98 Å². The van der Waals surface area contributed by atoms with E-state index in [-0.39, 0.29) is 0 Å². The van der Waals surface area contributed by atoms with Crippen LogP contribution in [0.25, 0.3) is 22.4 Å². The Balaban J connectivity index is 1.42. The first-order valence-electron chi connectivity index (χ1n) is 8.27. The van der Waals surface area contributed by atoms with Gasteiger partial charge >= 0.3 is 0 Å². The average molecular weight is 332 g/mol. The first-order chi connectivity index (χ1) is 12.4. The number of H-pyrrole nitrogens is 1. The molecule has 0 amide bonds. The second-order valence-electron chi connectivity index (χ2n) is 6.21. The smallest absolute Gasteiger partial charge is 0.131 e. The van der Waals surface area contributed by atoms with E-state index in [1.807, 2.05) is 30.7 Å². The molecule has 124 valence electrons. The molecule has 1 atom stereocenters. The van der Waals surface area contributed by atoms with Gasteiger partial charge in [-0.1, -0.05) is 18.2 Å². The Morgan fingerprint density at radius 1 is 1.12 bits per heavy atom. The molecule has 0 fully saturated rings. The summed E-state index contributed by atoms with van der Waals surface area (Å²) >= 11 is 0. The molecular weight excluding hydrogens is 316 g/mol. The molecule has 1 unspecified atom stereocenters. The number of rotatable bonds is 3. The standard InChI is InChI=1S/C18H16N6O/c1-2-4-18-13(3-1)12(5-6-25-18)9-24-10-17(20-11-24)14-7-15-16(8-19-14)22-23-21-15/h1-4,7-8,10-12H,5-6,9H2,(H,21,22,23). The van der Waals surface area contributed by atoms with Crippen molar-refractivity contribution in [2.75, 3.05) is 6.61 Å². The molecule has 1 N–H and O–H groups in total. The molecule has 7 nitrogen and oxygen atoms in total. The van der Waals surface area contributed by atoms with Crippen molar-refractivity contribution >= 4 is 11.0 Å². The molecule has 4 heterocycles. The largest absolute Gasteiger partial charge is 0.493 e. The summed E-state index contributed by atoms with van der Waals surface area (Å²) in [7, 11) is 0. The number of benzene rings is 1. The van der Waals surface area contributed by atoms with Gasteiger partial charge in [-0.05, 0) is 24.1 Å². The summed E-state index contributed by atoms with van der Waals surface area (Å²) in [4.78, 5) is 8.94. The molecule has 1 aromatic carbocycles. The molecule has 1 aliphatic rings. The third-order valence-electron chi connectivity index (χ3n) is 4.61. The fourth-order valence-electron chi connectivity index (χ4n) is 3.34. The number of imidazole rings is 1. The maximum Gasteiger partial charge on any atom is 0.131 e. The first-order valence-corrected chi connectivity index (χ1v) is 8.27. The van der Waals surface area contributed by atoms with Crippen molar-refractivity contribution in [2.24, 2.45) is 0 Å². The van der Waals surface area contributed by atoms with E-state index >= 15 is 0 Å². The summed E-state index contributed by atoms with van der Waals surface area (Å²) in [5.41, 5.74) is 4.45. The minimum atomic E-state index is 0.429. The third kappa shape index (κ3) is 2.53. The highest BCUT2D eigenvalue weighted by Crippen LogP contribution is 2.34. The highest BCUT2D eigenvalue weighted by atomic mass is 16.5. The van der Waals surface area contributed by atoms with Gasteiger partial charge in [0.25, 0.3) is 0 Å². The fraction of sp³-hybridized carbons (Fsp3) is 0.222. The van der Waals surface area contributed by atoms with Crippen molar-refractivity contribution in [2.45, 2.75) is 18.9 Å². The van der Waals surface area contributed by atoms with Crippen LogP contribution in [0.3, 0.4) is 0 Å². The average Bonchev–Trinajstić information content (AvgIpc) is 3.30. The highest BCUT2D eigenvalue weighted by Gasteiger charge is 2.21. The van der Waals surface area contributed by atoms with E-state index in [0.29, 0.717) is 5.92 Å². The minimum absolute atomic E-state index is 0.429. The van der Waals surface area contributed by atoms with Crippen molar-refractivity contribution < 1.29 is 4.74 Å². The lowest BCUT2D eigenvalue weighted by atomic mass is 9.93. The van der Waals surface area contributed by atoms with Gasteiger partial charge in [-0.15, -0.1) is 0 Å². The zero-order valence-corrected chi connectivity index (χ0v) is 13.5. The second kappa shape index (κ2) is 5.70. The van der Waals surface area contributed by atoms with Crippen LogP contribution in [-0.2, 0) is 6.54 Å². The van der Waals surface area contributed by atoms with Gasteiger partial charge in [0, 0.05) is 18.7 Å². The Labute approximate surface area is 143 Å². The Kier molecular flexibility index (Phi) is 3.22. The monoisotopic (exact) mass is 332 g/mol. The van der Waals surface area contributed by atoms with E-state index in [2.05, 4.69) is 42.1 Å². The maximum atomic E-state index is 5.75. The Morgan fingerprint density at radius 2 is 2.04 bits per heavy atom. The van der Waals surface area contributed by atoms with Crippen molar-refractivity contribution in [3.8, 4) is 17.1 Å². The number of pyridine rings is 1. The van der Waals surface area contributed by atoms with Crippen molar-refractivity contribution in [1.82, 2.24) is 29.9 Å².